The Hall–Kier alpha value is -2.14. The van der Waals surface area contributed by atoms with Crippen LogP contribution in [0.3, 0.4) is 0 Å². The third-order valence-corrected chi connectivity index (χ3v) is 5.84. The molecule has 1 atom stereocenters. The van der Waals surface area contributed by atoms with Gasteiger partial charge in [0.15, 0.2) is 0 Å². The number of aryl methyl sites for hydroxylation is 2. The molecule has 0 bridgehead atoms. The van der Waals surface area contributed by atoms with Crippen molar-refractivity contribution in [1.82, 2.24) is 14.5 Å². The summed E-state index contributed by atoms with van der Waals surface area (Å²) in [6.45, 7) is 3.64. The molecule has 24 heavy (non-hydrogen) atoms. The van der Waals surface area contributed by atoms with Crippen molar-refractivity contribution >= 4 is 28.3 Å². The molecule has 0 radical (unpaired) electrons. The number of imidazole rings is 1. The molecule has 0 spiro atoms. The lowest BCUT2D eigenvalue weighted by molar-refractivity contribution is 0.0708. The van der Waals surface area contributed by atoms with Crippen LogP contribution < -0.4 is 0 Å². The van der Waals surface area contributed by atoms with Gasteiger partial charge in [-0.1, -0.05) is 12.1 Å². The molecule has 1 aliphatic heterocycles. The maximum Gasteiger partial charge on any atom is 0.263 e. The predicted octanol–water partition coefficient (Wildman–Crippen LogP) is 3.96. The largest absolute Gasteiger partial charge is 0.337 e. The summed E-state index contributed by atoms with van der Waals surface area (Å²) >= 11 is 1.58. The van der Waals surface area contributed by atoms with Crippen molar-refractivity contribution in [1.29, 1.82) is 0 Å². The third kappa shape index (κ3) is 2.63. The van der Waals surface area contributed by atoms with Gasteiger partial charge in [-0.3, -0.25) is 4.79 Å². The van der Waals surface area contributed by atoms with E-state index < -0.39 is 0 Å². The molecule has 3 heterocycles. The lowest BCUT2D eigenvalue weighted by atomic mass is 9.97. The Kier molecular flexibility index (Phi) is 3.88. The number of thiophene rings is 1. The van der Waals surface area contributed by atoms with Crippen LogP contribution in [0.1, 0.15) is 39.1 Å². The van der Waals surface area contributed by atoms with E-state index in [0.29, 0.717) is 5.92 Å². The molecule has 1 amide bonds. The maximum atomic E-state index is 12.8. The first-order valence-corrected chi connectivity index (χ1v) is 9.22. The Bertz CT molecular complexity index is 895. The molecular weight excluding hydrogens is 318 g/mol. The first-order chi connectivity index (χ1) is 11.6. The predicted molar refractivity (Wildman–Crippen MR) is 97.6 cm³/mol. The zero-order valence-corrected chi connectivity index (χ0v) is 14.8. The fraction of sp³-hybridized carbons (Fsp3) is 0.368. The summed E-state index contributed by atoms with van der Waals surface area (Å²) in [5.41, 5.74) is 2.19. The van der Waals surface area contributed by atoms with Crippen molar-refractivity contribution in [2.45, 2.75) is 25.7 Å². The van der Waals surface area contributed by atoms with Crippen molar-refractivity contribution in [2.24, 2.45) is 7.05 Å². The molecule has 1 unspecified atom stereocenters. The zero-order chi connectivity index (χ0) is 16.7. The maximum absolute atomic E-state index is 12.8. The molecule has 1 aliphatic rings. The number of para-hydroxylation sites is 2. The molecule has 0 aliphatic carbocycles. The van der Waals surface area contributed by atoms with E-state index in [1.54, 1.807) is 11.3 Å². The highest BCUT2D eigenvalue weighted by Gasteiger charge is 2.28. The first-order valence-electron chi connectivity index (χ1n) is 8.40. The van der Waals surface area contributed by atoms with E-state index in [4.69, 9.17) is 4.98 Å². The number of likely N-dealkylation sites (tertiary alicyclic amines) is 1. The van der Waals surface area contributed by atoms with Crippen LogP contribution in [0.25, 0.3) is 11.0 Å². The molecule has 3 aromatic rings. The molecular formula is C19H21N3OS. The van der Waals surface area contributed by atoms with Crippen LogP contribution >= 0.6 is 11.3 Å². The van der Waals surface area contributed by atoms with Gasteiger partial charge < -0.3 is 9.47 Å². The SMILES string of the molecule is Cc1ccc(C(=O)N2CCCC(c3nc4ccccc4n3C)C2)s1. The minimum atomic E-state index is 0.163. The normalized spacial score (nSPS) is 18.2. The van der Waals surface area contributed by atoms with Crippen molar-refractivity contribution in [2.75, 3.05) is 13.1 Å². The average Bonchev–Trinajstić information content (AvgIpc) is 3.19. The lowest BCUT2D eigenvalue weighted by Crippen LogP contribution is -2.39. The molecule has 0 N–H and O–H groups in total. The number of carbonyl (C=O) groups excluding carboxylic acids is 1. The van der Waals surface area contributed by atoms with E-state index in [-0.39, 0.29) is 5.91 Å². The molecule has 124 valence electrons. The summed E-state index contributed by atoms with van der Waals surface area (Å²) in [5, 5.41) is 0. The minimum absolute atomic E-state index is 0.163. The van der Waals surface area contributed by atoms with Gasteiger partial charge >= 0.3 is 0 Å². The van der Waals surface area contributed by atoms with Gasteiger partial charge in [0.2, 0.25) is 0 Å². The van der Waals surface area contributed by atoms with Crippen LogP contribution in [0, 0.1) is 6.92 Å². The Morgan fingerprint density at radius 3 is 2.83 bits per heavy atom. The number of carbonyl (C=O) groups is 1. The van der Waals surface area contributed by atoms with Gasteiger partial charge in [-0.25, -0.2) is 4.98 Å². The van der Waals surface area contributed by atoms with E-state index in [0.717, 1.165) is 47.7 Å². The second-order valence-electron chi connectivity index (χ2n) is 6.52. The van der Waals surface area contributed by atoms with E-state index in [1.165, 1.54) is 4.88 Å². The molecule has 4 nitrogen and oxygen atoms in total. The number of fused-ring (bicyclic) bond motifs is 1. The molecule has 5 heteroatoms. The third-order valence-electron chi connectivity index (χ3n) is 4.85. The van der Waals surface area contributed by atoms with E-state index >= 15 is 0 Å². The van der Waals surface area contributed by atoms with Gasteiger partial charge in [-0.15, -0.1) is 11.3 Å². The first kappa shape index (κ1) is 15.4. The highest BCUT2D eigenvalue weighted by atomic mass is 32.1. The summed E-state index contributed by atoms with van der Waals surface area (Å²) in [5.74, 6) is 1.56. The summed E-state index contributed by atoms with van der Waals surface area (Å²) in [6, 6.07) is 12.2. The number of amides is 1. The number of piperidine rings is 1. The van der Waals surface area contributed by atoms with Crippen LogP contribution in [-0.2, 0) is 7.05 Å². The number of hydrogen-bond acceptors (Lipinski definition) is 3. The molecule has 1 fully saturated rings. The Labute approximate surface area is 145 Å². The number of benzene rings is 1. The van der Waals surface area contributed by atoms with Crippen LogP contribution in [-0.4, -0.2) is 33.4 Å². The van der Waals surface area contributed by atoms with Crippen molar-refractivity contribution in [3.63, 3.8) is 0 Å². The quantitative estimate of drug-likeness (QED) is 0.709. The average molecular weight is 339 g/mol. The number of aromatic nitrogens is 2. The minimum Gasteiger partial charge on any atom is -0.337 e. The summed E-state index contributed by atoms with van der Waals surface area (Å²) in [6.07, 6.45) is 2.12. The molecule has 2 aromatic heterocycles. The van der Waals surface area contributed by atoms with Crippen molar-refractivity contribution in [3.05, 3.63) is 52.0 Å². The molecule has 4 rings (SSSR count). The van der Waals surface area contributed by atoms with E-state index in [1.807, 2.05) is 36.1 Å². The monoisotopic (exact) mass is 339 g/mol. The summed E-state index contributed by atoms with van der Waals surface area (Å²) in [7, 11) is 2.08. The van der Waals surface area contributed by atoms with Crippen molar-refractivity contribution in [3.8, 4) is 0 Å². The number of rotatable bonds is 2. The second-order valence-corrected chi connectivity index (χ2v) is 7.81. The second kappa shape index (κ2) is 6.06. The Morgan fingerprint density at radius 1 is 1.25 bits per heavy atom. The molecule has 1 saturated heterocycles. The fourth-order valence-corrected chi connectivity index (χ4v) is 4.44. The van der Waals surface area contributed by atoms with Gasteiger partial charge in [0.1, 0.15) is 5.82 Å². The lowest BCUT2D eigenvalue weighted by Gasteiger charge is -2.32. The van der Waals surface area contributed by atoms with Crippen LogP contribution in [0.2, 0.25) is 0 Å². The van der Waals surface area contributed by atoms with Gasteiger partial charge in [-0.05, 0) is 44.0 Å². The van der Waals surface area contributed by atoms with Crippen LogP contribution in [0.4, 0.5) is 0 Å². The van der Waals surface area contributed by atoms with Crippen LogP contribution in [0.5, 0.6) is 0 Å². The smallest absolute Gasteiger partial charge is 0.263 e. The molecule has 1 aromatic carbocycles. The van der Waals surface area contributed by atoms with E-state index in [9.17, 15) is 4.79 Å². The Balaban J connectivity index is 1.60. The summed E-state index contributed by atoms with van der Waals surface area (Å²) < 4.78 is 2.18. The van der Waals surface area contributed by atoms with Gasteiger partial charge in [0.05, 0.1) is 15.9 Å². The van der Waals surface area contributed by atoms with E-state index in [2.05, 4.69) is 23.7 Å². The van der Waals surface area contributed by atoms with Gasteiger partial charge in [0, 0.05) is 30.9 Å². The summed E-state index contributed by atoms with van der Waals surface area (Å²) in [4.78, 5) is 21.6. The Morgan fingerprint density at radius 2 is 2.08 bits per heavy atom. The van der Waals surface area contributed by atoms with Crippen LogP contribution in [0.15, 0.2) is 36.4 Å². The van der Waals surface area contributed by atoms with Gasteiger partial charge in [0.25, 0.3) is 5.91 Å². The highest BCUT2D eigenvalue weighted by Crippen LogP contribution is 2.30. The highest BCUT2D eigenvalue weighted by molar-refractivity contribution is 7.13. The number of hydrogen-bond donors (Lipinski definition) is 0. The fourth-order valence-electron chi connectivity index (χ4n) is 3.61. The number of nitrogens with zero attached hydrogens (tertiary/aromatic N) is 3. The zero-order valence-electron chi connectivity index (χ0n) is 14.0. The van der Waals surface area contributed by atoms with Gasteiger partial charge in [-0.2, -0.15) is 0 Å². The topological polar surface area (TPSA) is 38.1 Å². The standard InChI is InChI=1S/C19H21N3OS/c1-13-9-10-17(24-13)19(23)22-11-5-6-14(12-22)18-20-15-7-3-4-8-16(15)21(18)2/h3-4,7-10,14H,5-6,11-12H2,1-2H3. The van der Waals surface area contributed by atoms with Crippen molar-refractivity contribution < 1.29 is 4.79 Å². The molecule has 0 saturated carbocycles.